The fraction of sp³-hybridized carbons (Fsp3) is 0.583. The van der Waals surface area contributed by atoms with Crippen molar-refractivity contribution in [3.8, 4) is 0 Å². The molecule has 4 nitrogen and oxygen atoms in total. The maximum atomic E-state index is 5.88. The normalized spacial score (nSPS) is 17.6. The molecule has 0 aliphatic carbocycles. The van der Waals surface area contributed by atoms with Gasteiger partial charge in [-0.3, -0.25) is 4.40 Å². The first-order valence-corrected chi connectivity index (χ1v) is 7.17. The standard InChI is InChI=1S/C12H18N4S/c13-9-10-11(14-12-16(10)7-8-17-12)15-5-3-1-2-4-6-15/h7-8H,1-6,9,13H2. The van der Waals surface area contributed by atoms with Gasteiger partial charge in [-0.1, -0.05) is 12.8 Å². The summed E-state index contributed by atoms with van der Waals surface area (Å²) in [5, 5.41) is 2.06. The van der Waals surface area contributed by atoms with Crippen LogP contribution in [-0.4, -0.2) is 22.5 Å². The fourth-order valence-corrected chi connectivity index (χ4v) is 3.27. The number of hydrogen-bond acceptors (Lipinski definition) is 4. The van der Waals surface area contributed by atoms with Gasteiger partial charge in [0.05, 0.1) is 5.69 Å². The maximum absolute atomic E-state index is 5.88. The first-order valence-electron chi connectivity index (χ1n) is 6.29. The van der Waals surface area contributed by atoms with E-state index in [4.69, 9.17) is 10.7 Å². The van der Waals surface area contributed by atoms with Crippen LogP contribution in [0.1, 0.15) is 31.4 Å². The molecule has 0 radical (unpaired) electrons. The van der Waals surface area contributed by atoms with Crippen LogP contribution >= 0.6 is 11.3 Å². The fourth-order valence-electron chi connectivity index (χ4n) is 2.55. The average Bonchev–Trinajstić information content (AvgIpc) is 2.80. The Labute approximate surface area is 105 Å². The Bertz CT molecular complexity index is 494. The molecule has 1 fully saturated rings. The molecule has 2 aromatic rings. The zero-order chi connectivity index (χ0) is 11.7. The van der Waals surface area contributed by atoms with Gasteiger partial charge in [-0.25, -0.2) is 4.98 Å². The van der Waals surface area contributed by atoms with Crippen molar-refractivity contribution in [1.29, 1.82) is 0 Å². The molecule has 3 rings (SSSR count). The minimum absolute atomic E-state index is 0.559. The van der Waals surface area contributed by atoms with Crippen molar-refractivity contribution in [2.75, 3.05) is 18.0 Å². The van der Waals surface area contributed by atoms with E-state index in [2.05, 4.69) is 20.9 Å². The second-order valence-electron chi connectivity index (χ2n) is 4.54. The molecule has 0 aromatic carbocycles. The van der Waals surface area contributed by atoms with Crippen molar-refractivity contribution in [1.82, 2.24) is 9.38 Å². The van der Waals surface area contributed by atoms with E-state index in [0.29, 0.717) is 6.54 Å². The summed E-state index contributed by atoms with van der Waals surface area (Å²) in [6.07, 6.45) is 7.30. The monoisotopic (exact) mass is 250 g/mol. The van der Waals surface area contributed by atoms with Gasteiger partial charge in [-0.15, -0.1) is 11.3 Å². The number of hydrogen-bond donors (Lipinski definition) is 1. The highest BCUT2D eigenvalue weighted by atomic mass is 32.1. The van der Waals surface area contributed by atoms with Crippen molar-refractivity contribution in [3.05, 3.63) is 17.3 Å². The summed E-state index contributed by atoms with van der Waals surface area (Å²) in [5.41, 5.74) is 7.04. The molecule has 0 atom stereocenters. The first kappa shape index (κ1) is 11.0. The molecule has 1 saturated heterocycles. The van der Waals surface area contributed by atoms with Crippen LogP contribution in [0.3, 0.4) is 0 Å². The summed E-state index contributed by atoms with van der Waals surface area (Å²) >= 11 is 1.68. The lowest BCUT2D eigenvalue weighted by atomic mass is 10.2. The van der Waals surface area contributed by atoms with Gasteiger partial charge in [-0.05, 0) is 12.8 Å². The third-order valence-corrected chi connectivity index (χ3v) is 4.20. The van der Waals surface area contributed by atoms with Crippen LogP contribution in [0.4, 0.5) is 5.82 Å². The number of rotatable bonds is 2. The number of thiazole rings is 1. The topological polar surface area (TPSA) is 46.6 Å². The van der Waals surface area contributed by atoms with Gasteiger partial charge in [0, 0.05) is 31.2 Å². The Balaban J connectivity index is 1.99. The summed E-state index contributed by atoms with van der Waals surface area (Å²) in [7, 11) is 0. The molecule has 92 valence electrons. The molecule has 0 saturated carbocycles. The number of imidazole rings is 1. The van der Waals surface area contributed by atoms with Crippen molar-refractivity contribution in [2.45, 2.75) is 32.2 Å². The molecule has 1 aliphatic heterocycles. The van der Waals surface area contributed by atoms with E-state index in [0.717, 1.165) is 29.6 Å². The molecule has 1 aliphatic rings. The molecular weight excluding hydrogens is 232 g/mol. The quantitative estimate of drug-likeness (QED) is 0.889. The third kappa shape index (κ3) is 1.93. The molecule has 17 heavy (non-hydrogen) atoms. The lowest BCUT2D eigenvalue weighted by Crippen LogP contribution is -2.26. The Morgan fingerprint density at radius 3 is 2.71 bits per heavy atom. The van der Waals surface area contributed by atoms with Gasteiger partial charge in [0.2, 0.25) is 0 Å². The number of aromatic nitrogens is 2. The minimum Gasteiger partial charge on any atom is -0.355 e. The van der Waals surface area contributed by atoms with Crippen LogP contribution in [0.2, 0.25) is 0 Å². The zero-order valence-corrected chi connectivity index (χ0v) is 10.7. The van der Waals surface area contributed by atoms with E-state index in [1.807, 2.05) is 0 Å². The van der Waals surface area contributed by atoms with Crippen LogP contribution in [0.15, 0.2) is 11.6 Å². The number of fused-ring (bicyclic) bond motifs is 1. The molecular formula is C12H18N4S. The Morgan fingerprint density at radius 2 is 2.00 bits per heavy atom. The summed E-state index contributed by atoms with van der Waals surface area (Å²) < 4.78 is 2.13. The van der Waals surface area contributed by atoms with Crippen LogP contribution in [0.25, 0.3) is 4.96 Å². The number of nitrogens with zero attached hydrogens (tertiary/aromatic N) is 3. The SMILES string of the molecule is NCc1c(N2CCCCCC2)nc2sccn12. The lowest BCUT2D eigenvalue weighted by Gasteiger charge is -2.21. The lowest BCUT2D eigenvalue weighted by molar-refractivity contribution is 0.726. The maximum Gasteiger partial charge on any atom is 0.195 e. The predicted octanol–water partition coefficient (Wildman–Crippen LogP) is 2.23. The van der Waals surface area contributed by atoms with Crippen LogP contribution in [0, 0.1) is 0 Å². The molecule has 0 unspecified atom stereocenters. The zero-order valence-electron chi connectivity index (χ0n) is 9.93. The molecule has 3 heterocycles. The van der Waals surface area contributed by atoms with Crippen molar-refractivity contribution < 1.29 is 0 Å². The largest absolute Gasteiger partial charge is 0.355 e. The third-order valence-electron chi connectivity index (χ3n) is 3.44. The summed E-state index contributed by atoms with van der Waals surface area (Å²) in [5.74, 6) is 1.11. The number of nitrogens with two attached hydrogens (primary N) is 1. The van der Waals surface area contributed by atoms with Crippen molar-refractivity contribution >= 4 is 22.1 Å². The molecule has 0 bridgehead atoms. The van der Waals surface area contributed by atoms with Crippen LogP contribution < -0.4 is 10.6 Å². The molecule has 0 spiro atoms. The Morgan fingerprint density at radius 1 is 1.24 bits per heavy atom. The van der Waals surface area contributed by atoms with Gasteiger partial charge in [-0.2, -0.15) is 0 Å². The van der Waals surface area contributed by atoms with E-state index in [9.17, 15) is 0 Å². The molecule has 0 amide bonds. The second-order valence-corrected chi connectivity index (χ2v) is 5.42. The molecule has 2 N–H and O–H groups in total. The highest BCUT2D eigenvalue weighted by Gasteiger charge is 2.18. The predicted molar refractivity (Wildman–Crippen MR) is 71.6 cm³/mol. The summed E-state index contributed by atoms with van der Waals surface area (Å²) in [6.45, 7) is 2.80. The van der Waals surface area contributed by atoms with E-state index < -0.39 is 0 Å². The van der Waals surface area contributed by atoms with E-state index in [1.165, 1.54) is 25.7 Å². The highest BCUT2D eigenvalue weighted by molar-refractivity contribution is 7.15. The Hall–Kier alpha value is -1.07. The minimum atomic E-state index is 0.559. The van der Waals surface area contributed by atoms with Crippen molar-refractivity contribution in [2.24, 2.45) is 5.73 Å². The smallest absolute Gasteiger partial charge is 0.195 e. The van der Waals surface area contributed by atoms with Crippen LogP contribution in [0.5, 0.6) is 0 Å². The number of anilines is 1. The summed E-state index contributed by atoms with van der Waals surface area (Å²) in [4.78, 5) is 8.21. The van der Waals surface area contributed by atoms with Gasteiger partial charge in [0.25, 0.3) is 0 Å². The van der Waals surface area contributed by atoms with Gasteiger partial charge in [0.15, 0.2) is 10.8 Å². The van der Waals surface area contributed by atoms with Crippen LogP contribution in [-0.2, 0) is 6.54 Å². The first-order chi connectivity index (χ1) is 8.40. The van der Waals surface area contributed by atoms with Gasteiger partial charge < -0.3 is 10.6 Å². The summed E-state index contributed by atoms with van der Waals surface area (Å²) in [6, 6.07) is 0. The molecule has 2 aromatic heterocycles. The average molecular weight is 250 g/mol. The van der Waals surface area contributed by atoms with E-state index in [-0.39, 0.29) is 0 Å². The van der Waals surface area contributed by atoms with Gasteiger partial charge in [0.1, 0.15) is 0 Å². The second kappa shape index (κ2) is 4.66. The highest BCUT2D eigenvalue weighted by Crippen LogP contribution is 2.26. The van der Waals surface area contributed by atoms with Crippen molar-refractivity contribution in [3.63, 3.8) is 0 Å². The van der Waals surface area contributed by atoms with E-state index >= 15 is 0 Å². The van der Waals surface area contributed by atoms with Gasteiger partial charge >= 0.3 is 0 Å². The molecule has 5 heteroatoms. The van der Waals surface area contributed by atoms with E-state index in [1.54, 1.807) is 11.3 Å². The Kier molecular flexibility index (Phi) is 3.03.